The first-order chi connectivity index (χ1) is 29.9. The number of para-hydroxylation sites is 4. The van der Waals surface area contributed by atoms with Crippen LogP contribution < -0.4 is 9.80 Å². The van der Waals surface area contributed by atoms with E-state index < -0.39 is 17.2 Å². The number of fused-ring (bicyclic) bond motifs is 3. The summed E-state index contributed by atoms with van der Waals surface area (Å²) in [4.78, 5) is 8.83. The van der Waals surface area contributed by atoms with E-state index in [0.717, 1.165) is 85.3 Å². The molecule has 0 spiro atoms. The Morgan fingerprint density at radius 3 is 1.21 bits per heavy atom. The van der Waals surface area contributed by atoms with Crippen molar-refractivity contribution in [1.82, 2.24) is 4.98 Å². The summed E-state index contributed by atoms with van der Waals surface area (Å²) in [5.74, 6) is 0. The Balaban J connectivity index is 1.18. The molecule has 0 atom stereocenters. The van der Waals surface area contributed by atoms with E-state index in [1.807, 2.05) is 78.9 Å². The molecule has 1 aliphatic rings. The van der Waals surface area contributed by atoms with Crippen LogP contribution in [0, 0.1) is 0 Å². The van der Waals surface area contributed by atoms with Crippen molar-refractivity contribution in [2.45, 2.75) is 11.6 Å². The third-order valence-electron chi connectivity index (χ3n) is 11.6. The van der Waals surface area contributed by atoms with Crippen molar-refractivity contribution in [1.29, 1.82) is 0 Å². The van der Waals surface area contributed by atoms with Crippen LogP contribution in [0.2, 0.25) is 0 Å². The van der Waals surface area contributed by atoms with Crippen LogP contribution in [0.4, 0.5) is 47.3 Å². The maximum absolute atomic E-state index is 13.6. The highest BCUT2D eigenvalue weighted by molar-refractivity contribution is 5.89. The number of hydrogen-bond donors (Lipinski definition) is 0. The third-order valence-corrected chi connectivity index (χ3v) is 11.6. The van der Waals surface area contributed by atoms with Crippen molar-refractivity contribution in [2.24, 2.45) is 0 Å². The summed E-state index contributed by atoms with van der Waals surface area (Å²) in [6, 6.07) is 76.2. The lowest BCUT2D eigenvalue weighted by Gasteiger charge is -2.35. The molecule has 0 radical (unpaired) electrons. The SMILES string of the molecule is FC(F)(F)c1ccc(-c2ccc3c(c2)C(c2ccc(N(c4ccccc4)c4ccccc4)cc2)(c2ccc(N(c4ccccc4)c4ccccc4)cc2)c2ccccc2-3)nc1. The Hall–Kier alpha value is -7.70. The Labute approximate surface area is 353 Å². The fourth-order valence-electron chi connectivity index (χ4n) is 8.88. The summed E-state index contributed by atoms with van der Waals surface area (Å²) in [7, 11) is 0. The predicted octanol–water partition coefficient (Wildman–Crippen LogP) is 15.1. The van der Waals surface area contributed by atoms with E-state index in [9.17, 15) is 13.2 Å². The van der Waals surface area contributed by atoms with Crippen molar-refractivity contribution in [3.63, 3.8) is 0 Å². The van der Waals surface area contributed by atoms with Gasteiger partial charge < -0.3 is 9.80 Å². The standard InChI is InChI=1S/C55H38F3N3/c56-55(57,58)42-30-36-53(59-38-42)39-25-35-50-49-23-13-14-24-51(49)54(52(50)37-39,40-26-31-47(32-27-40)60(43-15-5-1-6-16-43)44-17-7-2-8-18-44)41-28-33-48(34-29-41)61(45-19-9-3-10-20-45)46-21-11-4-12-22-46/h1-38H. The van der Waals surface area contributed by atoms with Gasteiger partial charge in [0.15, 0.2) is 0 Å². The highest BCUT2D eigenvalue weighted by Gasteiger charge is 2.46. The normalized spacial score (nSPS) is 12.6. The molecule has 1 heterocycles. The number of anilines is 6. The summed E-state index contributed by atoms with van der Waals surface area (Å²) in [6.07, 6.45) is -3.57. The molecule has 10 rings (SSSR count). The highest BCUT2D eigenvalue weighted by atomic mass is 19.4. The van der Waals surface area contributed by atoms with Gasteiger partial charge >= 0.3 is 6.18 Å². The molecule has 1 aliphatic carbocycles. The van der Waals surface area contributed by atoms with Crippen molar-refractivity contribution in [3.05, 3.63) is 258 Å². The third kappa shape index (κ3) is 6.72. The maximum atomic E-state index is 13.6. The average molecular weight is 798 g/mol. The zero-order valence-electron chi connectivity index (χ0n) is 32.9. The zero-order chi connectivity index (χ0) is 41.4. The van der Waals surface area contributed by atoms with E-state index >= 15 is 0 Å². The lowest BCUT2D eigenvalue weighted by Crippen LogP contribution is -2.29. The molecule has 3 nitrogen and oxygen atoms in total. The molecule has 61 heavy (non-hydrogen) atoms. The molecule has 0 saturated heterocycles. The van der Waals surface area contributed by atoms with Gasteiger partial charge in [0.2, 0.25) is 0 Å². The number of alkyl halides is 3. The number of hydrogen-bond acceptors (Lipinski definition) is 3. The Bertz CT molecular complexity index is 2710. The summed E-state index contributed by atoms with van der Waals surface area (Å²) in [6.45, 7) is 0. The summed E-state index contributed by atoms with van der Waals surface area (Å²) < 4.78 is 40.9. The van der Waals surface area contributed by atoms with E-state index in [-0.39, 0.29) is 0 Å². The smallest absolute Gasteiger partial charge is 0.311 e. The van der Waals surface area contributed by atoms with Gasteiger partial charge in [-0.1, -0.05) is 133 Å². The minimum Gasteiger partial charge on any atom is -0.311 e. The van der Waals surface area contributed by atoms with Crippen molar-refractivity contribution in [3.8, 4) is 22.4 Å². The van der Waals surface area contributed by atoms with E-state index in [4.69, 9.17) is 0 Å². The van der Waals surface area contributed by atoms with Crippen LogP contribution in [0.25, 0.3) is 22.4 Å². The van der Waals surface area contributed by atoms with Crippen LogP contribution in [-0.2, 0) is 11.6 Å². The van der Waals surface area contributed by atoms with Gasteiger partial charge in [-0.3, -0.25) is 4.98 Å². The lowest BCUT2D eigenvalue weighted by atomic mass is 9.67. The largest absolute Gasteiger partial charge is 0.417 e. The number of pyridine rings is 1. The van der Waals surface area contributed by atoms with E-state index in [1.54, 1.807) is 0 Å². The van der Waals surface area contributed by atoms with Crippen molar-refractivity contribution < 1.29 is 13.2 Å². The van der Waals surface area contributed by atoms with E-state index in [1.165, 1.54) is 6.07 Å². The second-order valence-electron chi connectivity index (χ2n) is 15.1. The van der Waals surface area contributed by atoms with Gasteiger partial charge in [0.1, 0.15) is 0 Å². The number of aromatic nitrogens is 1. The molecule has 0 bridgehead atoms. The molecular weight excluding hydrogens is 760 g/mol. The number of halogens is 3. The topological polar surface area (TPSA) is 19.4 Å². The van der Waals surface area contributed by atoms with Crippen LogP contribution in [-0.4, -0.2) is 4.98 Å². The molecule has 0 N–H and O–H groups in total. The minimum absolute atomic E-state index is 0.467. The Morgan fingerprint density at radius 2 is 0.787 bits per heavy atom. The van der Waals surface area contributed by atoms with Gasteiger partial charge in [0, 0.05) is 45.9 Å². The molecule has 0 fully saturated rings. The fourth-order valence-corrected chi connectivity index (χ4v) is 8.88. The van der Waals surface area contributed by atoms with Crippen LogP contribution in [0.5, 0.6) is 0 Å². The lowest BCUT2D eigenvalue weighted by molar-refractivity contribution is -0.137. The highest BCUT2D eigenvalue weighted by Crippen LogP contribution is 2.57. The first-order valence-corrected chi connectivity index (χ1v) is 20.2. The molecule has 6 heteroatoms. The molecule has 1 aromatic heterocycles. The van der Waals surface area contributed by atoms with Crippen molar-refractivity contribution in [2.75, 3.05) is 9.80 Å². The van der Waals surface area contributed by atoms with Gasteiger partial charge in [-0.2, -0.15) is 13.2 Å². The van der Waals surface area contributed by atoms with Crippen LogP contribution in [0.1, 0.15) is 27.8 Å². The number of nitrogens with zero attached hydrogens (tertiary/aromatic N) is 3. The fraction of sp³-hybridized carbons (Fsp3) is 0.0364. The maximum Gasteiger partial charge on any atom is 0.417 e. The average Bonchev–Trinajstić information content (AvgIpc) is 3.61. The van der Waals surface area contributed by atoms with Crippen LogP contribution >= 0.6 is 0 Å². The Kier molecular flexibility index (Phi) is 9.53. The zero-order valence-corrected chi connectivity index (χ0v) is 32.9. The van der Waals surface area contributed by atoms with Gasteiger partial charge in [-0.05, 0) is 124 Å². The van der Waals surface area contributed by atoms with Crippen LogP contribution in [0.15, 0.2) is 231 Å². The second-order valence-corrected chi connectivity index (χ2v) is 15.1. The molecule has 0 amide bonds. The van der Waals surface area contributed by atoms with E-state index in [2.05, 4.69) is 148 Å². The second kappa shape index (κ2) is 15.5. The molecular formula is C55H38F3N3. The van der Waals surface area contributed by atoms with Gasteiger partial charge in [0.05, 0.1) is 16.7 Å². The summed E-state index contributed by atoms with van der Waals surface area (Å²) in [5, 5.41) is 0. The molecule has 9 aromatic rings. The van der Waals surface area contributed by atoms with Gasteiger partial charge in [-0.25, -0.2) is 0 Å². The first kappa shape index (κ1) is 37.6. The van der Waals surface area contributed by atoms with Gasteiger partial charge in [0.25, 0.3) is 0 Å². The molecule has 8 aromatic carbocycles. The summed E-state index contributed by atoms with van der Waals surface area (Å²) >= 11 is 0. The van der Waals surface area contributed by atoms with E-state index in [0.29, 0.717) is 5.69 Å². The Morgan fingerprint density at radius 1 is 0.377 bits per heavy atom. The summed E-state index contributed by atoms with van der Waals surface area (Å²) in [5.41, 5.74) is 12.2. The molecule has 294 valence electrons. The minimum atomic E-state index is -4.48. The van der Waals surface area contributed by atoms with Gasteiger partial charge in [-0.15, -0.1) is 0 Å². The number of benzene rings is 8. The monoisotopic (exact) mass is 797 g/mol. The molecule has 0 unspecified atom stereocenters. The number of rotatable bonds is 9. The quantitative estimate of drug-likeness (QED) is 0.145. The molecule has 0 aliphatic heterocycles. The molecule has 0 saturated carbocycles. The predicted molar refractivity (Wildman–Crippen MR) is 241 cm³/mol. The van der Waals surface area contributed by atoms with Crippen molar-refractivity contribution >= 4 is 34.1 Å². The first-order valence-electron chi connectivity index (χ1n) is 20.2. The van der Waals surface area contributed by atoms with Crippen LogP contribution in [0.3, 0.4) is 0 Å².